The first-order chi connectivity index (χ1) is 12.4. The minimum absolute atomic E-state index is 0.121. The molecule has 138 valence electrons. The van der Waals surface area contributed by atoms with Gasteiger partial charge in [0.15, 0.2) is 6.04 Å². The third kappa shape index (κ3) is 3.01. The van der Waals surface area contributed by atoms with E-state index in [0.29, 0.717) is 17.7 Å². The standard InChI is InChI=1S/C20H26N4OS/c1-12-9-13(2)11-23(10-12)17(16-8-6-5-7-14(16)3)18-19(25)24-20(26-18)21-15(4)22-24/h5-8,12-13,17,25H,9-11H2,1-4H3/p+1/t12-,13-,17-/m0/s1. The number of aromatic nitrogens is 3. The first-order valence-corrected chi connectivity index (χ1v) is 10.2. The van der Waals surface area contributed by atoms with Crippen LogP contribution in [0.4, 0.5) is 0 Å². The van der Waals surface area contributed by atoms with E-state index < -0.39 is 0 Å². The van der Waals surface area contributed by atoms with E-state index in [9.17, 15) is 5.11 Å². The van der Waals surface area contributed by atoms with Gasteiger partial charge in [-0.15, -0.1) is 5.10 Å². The lowest BCUT2D eigenvalue weighted by atomic mass is 9.88. The van der Waals surface area contributed by atoms with E-state index in [-0.39, 0.29) is 11.9 Å². The summed E-state index contributed by atoms with van der Waals surface area (Å²) < 4.78 is 1.59. The highest BCUT2D eigenvalue weighted by molar-refractivity contribution is 7.17. The van der Waals surface area contributed by atoms with Gasteiger partial charge >= 0.3 is 0 Å². The zero-order valence-corrected chi connectivity index (χ0v) is 16.7. The van der Waals surface area contributed by atoms with E-state index in [2.05, 4.69) is 55.1 Å². The van der Waals surface area contributed by atoms with E-state index in [4.69, 9.17) is 0 Å². The Morgan fingerprint density at radius 1 is 1.19 bits per heavy atom. The van der Waals surface area contributed by atoms with Gasteiger partial charge in [-0.05, 0) is 25.8 Å². The molecule has 4 rings (SSSR count). The van der Waals surface area contributed by atoms with Crippen LogP contribution in [0, 0.1) is 25.7 Å². The van der Waals surface area contributed by atoms with Crippen molar-refractivity contribution in [2.24, 2.45) is 11.8 Å². The monoisotopic (exact) mass is 371 g/mol. The average molecular weight is 372 g/mol. The van der Waals surface area contributed by atoms with Gasteiger partial charge in [-0.3, -0.25) is 0 Å². The summed E-state index contributed by atoms with van der Waals surface area (Å²) >= 11 is 1.57. The van der Waals surface area contributed by atoms with Crippen molar-refractivity contribution in [2.45, 2.75) is 40.2 Å². The number of hydrogen-bond donors (Lipinski definition) is 2. The molecule has 0 amide bonds. The summed E-state index contributed by atoms with van der Waals surface area (Å²) in [7, 11) is 0. The maximum atomic E-state index is 10.9. The van der Waals surface area contributed by atoms with Crippen LogP contribution >= 0.6 is 11.3 Å². The number of nitrogens with zero attached hydrogens (tertiary/aromatic N) is 3. The average Bonchev–Trinajstić information content (AvgIpc) is 3.07. The van der Waals surface area contributed by atoms with Crippen molar-refractivity contribution in [2.75, 3.05) is 13.1 Å². The Morgan fingerprint density at radius 2 is 1.88 bits per heavy atom. The summed E-state index contributed by atoms with van der Waals surface area (Å²) in [6, 6.07) is 8.67. The largest absolute Gasteiger partial charge is 0.492 e. The molecule has 2 N–H and O–H groups in total. The zero-order chi connectivity index (χ0) is 18.4. The molecule has 3 heterocycles. The van der Waals surface area contributed by atoms with Gasteiger partial charge in [0.25, 0.3) is 0 Å². The summed E-state index contributed by atoms with van der Waals surface area (Å²) in [6.45, 7) is 11.0. The fraction of sp³-hybridized carbons (Fsp3) is 0.500. The van der Waals surface area contributed by atoms with Gasteiger partial charge in [-0.1, -0.05) is 49.4 Å². The minimum atomic E-state index is 0.121. The first kappa shape index (κ1) is 17.5. The molecular formula is C20H27N4OS+. The van der Waals surface area contributed by atoms with Crippen LogP contribution in [0.15, 0.2) is 24.3 Å². The second-order valence-electron chi connectivity index (χ2n) is 7.95. The van der Waals surface area contributed by atoms with Crippen LogP contribution in [0.1, 0.15) is 48.1 Å². The number of aryl methyl sites for hydroxylation is 2. The first-order valence-electron chi connectivity index (χ1n) is 9.39. The van der Waals surface area contributed by atoms with Gasteiger partial charge in [0, 0.05) is 17.4 Å². The molecule has 0 unspecified atom stereocenters. The molecule has 1 fully saturated rings. The molecule has 0 aliphatic carbocycles. The zero-order valence-electron chi connectivity index (χ0n) is 15.9. The molecule has 1 saturated heterocycles. The lowest BCUT2D eigenvalue weighted by Crippen LogP contribution is -3.14. The van der Waals surface area contributed by atoms with Gasteiger partial charge in [-0.2, -0.15) is 4.52 Å². The predicted octanol–water partition coefficient (Wildman–Crippen LogP) is 2.76. The van der Waals surface area contributed by atoms with E-state index >= 15 is 0 Å². The molecule has 0 radical (unpaired) electrons. The number of benzene rings is 1. The molecule has 0 spiro atoms. The van der Waals surface area contributed by atoms with Crippen LogP contribution in [0.25, 0.3) is 4.96 Å². The second-order valence-corrected chi connectivity index (χ2v) is 8.95. The number of nitrogens with one attached hydrogen (secondary N) is 1. The minimum Gasteiger partial charge on any atom is -0.492 e. The third-order valence-corrected chi connectivity index (χ3v) is 6.59. The highest BCUT2D eigenvalue weighted by Crippen LogP contribution is 2.36. The van der Waals surface area contributed by atoms with Crippen LogP contribution in [0.2, 0.25) is 0 Å². The normalized spacial score (nSPS) is 24.8. The number of quaternary nitrogens is 1. The molecule has 26 heavy (non-hydrogen) atoms. The summed E-state index contributed by atoms with van der Waals surface area (Å²) in [5, 5.41) is 15.3. The Hall–Kier alpha value is -1.92. The van der Waals surface area contributed by atoms with Crippen LogP contribution in [-0.2, 0) is 0 Å². The summed E-state index contributed by atoms with van der Waals surface area (Å²) in [5.74, 6) is 2.31. The maximum Gasteiger partial charge on any atom is 0.235 e. The SMILES string of the molecule is Cc1nc2sc([C@H](c3ccccc3C)[NH+]3C[C@@H](C)C[C@H](C)C3)c(O)n2n1. The Morgan fingerprint density at radius 3 is 2.54 bits per heavy atom. The molecule has 3 atom stereocenters. The van der Waals surface area contributed by atoms with Gasteiger partial charge in [0.1, 0.15) is 10.7 Å². The summed E-state index contributed by atoms with van der Waals surface area (Å²) in [4.78, 5) is 7.75. The van der Waals surface area contributed by atoms with E-state index in [1.807, 2.05) is 6.92 Å². The Balaban J connectivity index is 1.85. The van der Waals surface area contributed by atoms with E-state index in [0.717, 1.165) is 22.9 Å². The van der Waals surface area contributed by atoms with Crippen LogP contribution < -0.4 is 4.90 Å². The number of fused-ring (bicyclic) bond motifs is 1. The highest BCUT2D eigenvalue weighted by Gasteiger charge is 2.37. The van der Waals surface area contributed by atoms with Gasteiger partial charge in [0.05, 0.1) is 13.1 Å². The lowest BCUT2D eigenvalue weighted by molar-refractivity contribution is -0.936. The summed E-state index contributed by atoms with van der Waals surface area (Å²) in [6.07, 6.45) is 1.28. The summed E-state index contributed by atoms with van der Waals surface area (Å²) in [5.41, 5.74) is 2.56. The van der Waals surface area contributed by atoms with Gasteiger partial charge < -0.3 is 10.0 Å². The molecular weight excluding hydrogens is 344 g/mol. The number of aromatic hydroxyl groups is 1. The molecule has 3 aromatic rings. The Labute approximate surface area is 158 Å². The molecule has 1 aromatic carbocycles. The van der Waals surface area contributed by atoms with E-state index in [1.54, 1.807) is 15.9 Å². The molecule has 1 aliphatic heterocycles. The Kier molecular flexibility index (Phi) is 4.49. The fourth-order valence-electron chi connectivity index (χ4n) is 4.56. The maximum absolute atomic E-state index is 10.9. The van der Waals surface area contributed by atoms with Crippen molar-refractivity contribution in [3.05, 3.63) is 46.1 Å². The van der Waals surface area contributed by atoms with Crippen molar-refractivity contribution < 1.29 is 10.0 Å². The van der Waals surface area contributed by atoms with Crippen LogP contribution in [0.3, 0.4) is 0 Å². The lowest BCUT2D eigenvalue weighted by Gasteiger charge is -2.37. The third-order valence-electron chi connectivity index (χ3n) is 5.50. The van der Waals surface area contributed by atoms with Crippen LogP contribution in [0.5, 0.6) is 5.88 Å². The van der Waals surface area contributed by atoms with Gasteiger partial charge in [-0.25, -0.2) is 4.98 Å². The topological polar surface area (TPSA) is 54.9 Å². The molecule has 2 aromatic heterocycles. The quantitative estimate of drug-likeness (QED) is 0.744. The Bertz CT molecular complexity index is 921. The van der Waals surface area contributed by atoms with E-state index in [1.165, 1.54) is 22.4 Å². The number of thiazole rings is 1. The van der Waals surface area contributed by atoms with Crippen molar-refractivity contribution in [1.29, 1.82) is 0 Å². The second kappa shape index (κ2) is 6.67. The highest BCUT2D eigenvalue weighted by atomic mass is 32.1. The molecule has 5 nitrogen and oxygen atoms in total. The van der Waals surface area contributed by atoms with Gasteiger partial charge in [0.2, 0.25) is 10.8 Å². The van der Waals surface area contributed by atoms with Crippen molar-refractivity contribution in [1.82, 2.24) is 14.6 Å². The number of piperidine rings is 1. The molecule has 6 heteroatoms. The number of hydrogen-bond acceptors (Lipinski definition) is 4. The van der Waals surface area contributed by atoms with Crippen molar-refractivity contribution in [3.63, 3.8) is 0 Å². The molecule has 0 bridgehead atoms. The number of likely N-dealkylation sites (tertiary alicyclic amines) is 1. The fourth-order valence-corrected chi connectivity index (χ4v) is 5.74. The molecule has 0 saturated carbocycles. The smallest absolute Gasteiger partial charge is 0.235 e. The predicted molar refractivity (Wildman–Crippen MR) is 104 cm³/mol. The van der Waals surface area contributed by atoms with Crippen molar-refractivity contribution >= 4 is 16.3 Å². The molecule has 1 aliphatic rings. The number of rotatable bonds is 3. The van der Waals surface area contributed by atoms with Crippen LogP contribution in [-0.4, -0.2) is 32.8 Å². The van der Waals surface area contributed by atoms with Crippen molar-refractivity contribution in [3.8, 4) is 5.88 Å².